The van der Waals surface area contributed by atoms with Crippen LogP contribution in [0.3, 0.4) is 0 Å². The molecule has 1 heteroatoms. The Hall–Kier alpha value is -0.820. The molecule has 2 aliphatic carbocycles. The highest BCUT2D eigenvalue weighted by Crippen LogP contribution is 2.44. The SMILES string of the molecule is OC(CCC1CC1)c1ccccc1C1CC1. The summed E-state index contributed by atoms with van der Waals surface area (Å²) in [4.78, 5) is 0. The van der Waals surface area contributed by atoms with Crippen molar-refractivity contribution in [3.8, 4) is 0 Å². The fourth-order valence-electron chi connectivity index (χ4n) is 2.54. The van der Waals surface area contributed by atoms with Crippen LogP contribution in [0.1, 0.15) is 61.7 Å². The lowest BCUT2D eigenvalue weighted by molar-refractivity contribution is 0.161. The zero-order valence-electron chi connectivity index (χ0n) is 9.73. The summed E-state index contributed by atoms with van der Waals surface area (Å²) in [6.45, 7) is 0. The van der Waals surface area contributed by atoms with Gasteiger partial charge in [0.05, 0.1) is 6.10 Å². The Morgan fingerprint density at radius 1 is 1.12 bits per heavy atom. The van der Waals surface area contributed by atoms with Gasteiger partial charge >= 0.3 is 0 Å². The van der Waals surface area contributed by atoms with Crippen LogP contribution in [0.4, 0.5) is 0 Å². The highest BCUT2D eigenvalue weighted by molar-refractivity contribution is 5.34. The van der Waals surface area contributed by atoms with Gasteiger partial charge in [-0.15, -0.1) is 0 Å². The molecule has 0 aromatic heterocycles. The van der Waals surface area contributed by atoms with E-state index in [1.54, 1.807) is 0 Å². The first-order chi connectivity index (χ1) is 7.84. The van der Waals surface area contributed by atoms with E-state index in [0.717, 1.165) is 18.3 Å². The molecule has 0 spiro atoms. The molecule has 2 fully saturated rings. The van der Waals surface area contributed by atoms with Gasteiger partial charge in [-0.3, -0.25) is 0 Å². The van der Waals surface area contributed by atoms with Crippen LogP contribution in [0.5, 0.6) is 0 Å². The molecular weight excluding hydrogens is 196 g/mol. The number of benzene rings is 1. The minimum Gasteiger partial charge on any atom is -0.388 e. The van der Waals surface area contributed by atoms with Crippen molar-refractivity contribution in [1.29, 1.82) is 0 Å². The van der Waals surface area contributed by atoms with Crippen molar-refractivity contribution in [1.82, 2.24) is 0 Å². The average molecular weight is 216 g/mol. The molecule has 0 saturated heterocycles. The van der Waals surface area contributed by atoms with E-state index in [4.69, 9.17) is 0 Å². The van der Waals surface area contributed by atoms with Crippen molar-refractivity contribution >= 4 is 0 Å². The molecule has 1 nitrogen and oxygen atoms in total. The van der Waals surface area contributed by atoms with Gasteiger partial charge in [0.25, 0.3) is 0 Å². The summed E-state index contributed by atoms with van der Waals surface area (Å²) in [5, 5.41) is 10.3. The van der Waals surface area contributed by atoms with Gasteiger partial charge in [-0.25, -0.2) is 0 Å². The molecule has 3 rings (SSSR count). The molecule has 0 bridgehead atoms. The summed E-state index contributed by atoms with van der Waals surface area (Å²) in [6, 6.07) is 8.48. The van der Waals surface area contributed by atoms with Crippen LogP contribution in [0, 0.1) is 5.92 Å². The first kappa shape index (κ1) is 10.3. The van der Waals surface area contributed by atoms with Crippen molar-refractivity contribution in [3.05, 3.63) is 35.4 Å². The van der Waals surface area contributed by atoms with Crippen LogP contribution in [0.15, 0.2) is 24.3 Å². The Bertz CT molecular complexity index is 363. The number of aliphatic hydroxyl groups excluding tert-OH is 1. The predicted molar refractivity (Wildman–Crippen MR) is 65.3 cm³/mol. The van der Waals surface area contributed by atoms with Gasteiger partial charge in [-0.05, 0) is 48.6 Å². The fraction of sp³-hybridized carbons (Fsp3) is 0.600. The van der Waals surface area contributed by atoms with Crippen LogP contribution in [0.2, 0.25) is 0 Å². The Kier molecular flexibility index (Phi) is 2.72. The van der Waals surface area contributed by atoms with E-state index in [1.807, 2.05) is 0 Å². The second kappa shape index (κ2) is 4.21. The van der Waals surface area contributed by atoms with Gasteiger partial charge in [-0.2, -0.15) is 0 Å². The number of hydrogen-bond acceptors (Lipinski definition) is 1. The van der Waals surface area contributed by atoms with E-state index in [2.05, 4.69) is 24.3 Å². The standard InChI is InChI=1S/C15H20O/c16-15(10-7-11-5-6-11)14-4-2-1-3-13(14)12-8-9-12/h1-4,11-12,15-16H,5-10H2. The zero-order valence-corrected chi connectivity index (χ0v) is 9.73. The monoisotopic (exact) mass is 216 g/mol. The normalized spacial score (nSPS) is 22.1. The Morgan fingerprint density at radius 3 is 2.56 bits per heavy atom. The average Bonchev–Trinajstić information content (AvgIpc) is 3.19. The molecule has 2 saturated carbocycles. The predicted octanol–water partition coefficient (Wildman–Crippen LogP) is 3.79. The maximum atomic E-state index is 10.3. The molecule has 1 unspecified atom stereocenters. The van der Waals surface area contributed by atoms with Crippen molar-refractivity contribution in [2.45, 2.75) is 50.5 Å². The number of aliphatic hydroxyl groups is 1. The third-order valence-corrected chi connectivity index (χ3v) is 3.92. The quantitative estimate of drug-likeness (QED) is 0.794. The topological polar surface area (TPSA) is 20.2 Å². The summed E-state index contributed by atoms with van der Waals surface area (Å²) >= 11 is 0. The lowest BCUT2D eigenvalue weighted by Crippen LogP contribution is -2.01. The zero-order chi connectivity index (χ0) is 11.0. The molecule has 0 heterocycles. The molecule has 1 atom stereocenters. The first-order valence-electron chi connectivity index (χ1n) is 6.61. The Labute approximate surface area is 97.5 Å². The third kappa shape index (κ3) is 2.30. The largest absolute Gasteiger partial charge is 0.388 e. The molecule has 2 aliphatic rings. The summed E-state index contributed by atoms with van der Waals surface area (Å²) in [7, 11) is 0. The molecular formula is C15H20O. The van der Waals surface area contributed by atoms with Gasteiger partial charge in [0.2, 0.25) is 0 Å². The van der Waals surface area contributed by atoms with Crippen LogP contribution < -0.4 is 0 Å². The van der Waals surface area contributed by atoms with E-state index >= 15 is 0 Å². The van der Waals surface area contributed by atoms with E-state index < -0.39 is 0 Å². The lowest BCUT2D eigenvalue weighted by atomic mass is 9.95. The summed E-state index contributed by atoms with van der Waals surface area (Å²) in [5.74, 6) is 1.66. The van der Waals surface area contributed by atoms with Crippen LogP contribution in [-0.2, 0) is 0 Å². The maximum absolute atomic E-state index is 10.3. The molecule has 0 radical (unpaired) electrons. The van der Waals surface area contributed by atoms with E-state index in [-0.39, 0.29) is 6.10 Å². The number of rotatable bonds is 5. The maximum Gasteiger partial charge on any atom is 0.0792 e. The van der Waals surface area contributed by atoms with Crippen molar-refractivity contribution in [2.75, 3.05) is 0 Å². The molecule has 1 aromatic carbocycles. The molecule has 16 heavy (non-hydrogen) atoms. The van der Waals surface area contributed by atoms with E-state index in [9.17, 15) is 5.11 Å². The molecule has 0 aliphatic heterocycles. The highest BCUT2D eigenvalue weighted by Gasteiger charge is 2.28. The molecule has 0 amide bonds. The van der Waals surface area contributed by atoms with Gasteiger partial charge in [0.1, 0.15) is 0 Å². The van der Waals surface area contributed by atoms with Crippen LogP contribution in [0.25, 0.3) is 0 Å². The lowest BCUT2D eigenvalue weighted by Gasteiger charge is -2.15. The van der Waals surface area contributed by atoms with Crippen LogP contribution in [-0.4, -0.2) is 5.11 Å². The summed E-state index contributed by atoms with van der Waals surface area (Å²) < 4.78 is 0. The van der Waals surface area contributed by atoms with Gasteiger partial charge in [0.15, 0.2) is 0 Å². The second-order valence-corrected chi connectivity index (χ2v) is 5.44. The third-order valence-electron chi connectivity index (χ3n) is 3.92. The molecule has 86 valence electrons. The van der Waals surface area contributed by atoms with Gasteiger partial charge in [-0.1, -0.05) is 37.1 Å². The molecule has 1 aromatic rings. The molecule has 1 N–H and O–H groups in total. The summed E-state index contributed by atoms with van der Waals surface area (Å²) in [5.41, 5.74) is 2.61. The van der Waals surface area contributed by atoms with E-state index in [1.165, 1.54) is 43.2 Å². The van der Waals surface area contributed by atoms with Crippen LogP contribution >= 0.6 is 0 Å². The fourth-order valence-corrected chi connectivity index (χ4v) is 2.54. The van der Waals surface area contributed by atoms with Crippen molar-refractivity contribution < 1.29 is 5.11 Å². The van der Waals surface area contributed by atoms with E-state index in [0.29, 0.717) is 0 Å². The minimum atomic E-state index is -0.225. The highest BCUT2D eigenvalue weighted by atomic mass is 16.3. The minimum absolute atomic E-state index is 0.225. The second-order valence-electron chi connectivity index (χ2n) is 5.44. The smallest absolute Gasteiger partial charge is 0.0792 e. The van der Waals surface area contributed by atoms with Gasteiger partial charge in [0, 0.05) is 0 Å². The first-order valence-corrected chi connectivity index (χ1v) is 6.61. The Morgan fingerprint density at radius 2 is 1.88 bits per heavy atom. The van der Waals surface area contributed by atoms with Gasteiger partial charge < -0.3 is 5.11 Å². The van der Waals surface area contributed by atoms with Crippen molar-refractivity contribution in [3.63, 3.8) is 0 Å². The Balaban J connectivity index is 1.70. The van der Waals surface area contributed by atoms with Crippen molar-refractivity contribution in [2.24, 2.45) is 5.92 Å². The summed E-state index contributed by atoms with van der Waals surface area (Å²) in [6.07, 6.45) is 7.33. The number of hydrogen-bond donors (Lipinski definition) is 1.